The van der Waals surface area contributed by atoms with Gasteiger partial charge in [-0.25, -0.2) is 0 Å². The molecule has 1 N–H and O–H groups in total. The maximum Gasteiger partial charge on any atom is 0.146 e. The first-order valence-corrected chi connectivity index (χ1v) is 8.68. The van der Waals surface area contributed by atoms with Gasteiger partial charge in [-0.3, -0.25) is 4.90 Å². The Bertz CT molecular complexity index is 481. The number of hydrogen-bond donors (Lipinski definition) is 1. The first-order valence-electron chi connectivity index (χ1n) is 8.68. The van der Waals surface area contributed by atoms with Crippen molar-refractivity contribution in [1.29, 1.82) is 0 Å². The number of nitrogens with zero attached hydrogens (tertiary/aromatic N) is 5. The van der Waals surface area contributed by atoms with Gasteiger partial charge in [0.1, 0.15) is 11.6 Å². The molecule has 0 amide bonds. The quantitative estimate of drug-likeness (QED) is 0.898. The van der Waals surface area contributed by atoms with E-state index in [1.54, 1.807) is 0 Å². The van der Waals surface area contributed by atoms with Gasteiger partial charge in [0.25, 0.3) is 0 Å². The number of piperidine rings is 2. The SMILES string of the molecule is CCN1CCCC(c2nnc(CN3CCC(O)CC3)n2C)C1. The fourth-order valence-electron chi connectivity index (χ4n) is 3.70. The van der Waals surface area contributed by atoms with Crippen molar-refractivity contribution in [3.05, 3.63) is 11.6 Å². The Morgan fingerprint density at radius 2 is 1.86 bits per heavy atom. The van der Waals surface area contributed by atoms with Gasteiger partial charge in [0.15, 0.2) is 0 Å². The van der Waals surface area contributed by atoms with Crippen LogP contribution in [0.4, 0.5) is 0 Å². The van der Waals surface area contributed by atoms with E-state index in [0.29, 0.717) is 5.92 Å². The number of likely N-dealkylation sites (tertiary alicyclic amines) is 2. The molecule has 2 aliphatic heterocycles. The average Bonchev–Trinajstić information content (AvgIpc) is 2.90. The van der Waals surface area contributed by atoms with Gasteiger partial charge in [0.05, 0.1) is 12.6 Å². The first-order chi connectivity index (χ1) is 10.7. The van der Waals surface area contributed by atoms with E-state index in [1.165, 1.54) is 19.4 Å². The molecule has 1 aromatic rings. The van der Waals surface area contributed by atoms with Gasteiger partial charge in [-0.05, 0) is 38.8 Å². The van der Waals surface area contributed by atoms with E-state index in [-0.39, 0.29) is 6.10 Å². The lowest BCUT2D eigenvalue weighted by Crippen LogP contribution is -2.36. The van der Waals surface area contributed by atoms with E-state index in [9.17, 15) is 5.11 Å². The fourth-order valence-corrected chi connectivity index (χ4v) is 3.70. The standard InChI is InChI=1S/C16H29N5O/c1-3-20-8-4-5-13(11-20)16-18-17-15(19(16)2)12-21-9-6-14(22)7-10-21/h13-14,22H,3-12H2,1-2H3. The third kappa shape index (κ3) is 3.50. The normalized spacial score (nSPS) is 25.7. The van der Waals surface area contributed by atoms with Gasteiger partial charge in [-0.2, -0.15) is 0 Å². The Morgan fingerprint density at radius 3 is 2.59 bits per heavy atom. The lowest BCUT2D eigenvalue weighted by Gasteiger charge is -2.31. The van der Waals surface area contributed by atoms with Crippen LogP contribution in [0.25, 0.3) is 0 Å². The molecule has 2 aliphatic rings. The van der Waals surface area contributed by atoms with Gasteiger partial charge < -0.3 is 14.6 Å². The number of aromatic nitrogens is 3. The summed E-state index contributed by atoms with van der Waals surface area (Å²) >= 11 is 0. The Labute approximate surface area is 133 Å². The van der Waals surface area contributed by atoms with E-state index in [1.807, 2.05) is 0 Å². The van der Waals surface area contributed by atoms with E-state index >= 15 is 0 Å². The number of hydrogen-bond acceptors (Lipinski definition) is 5. The molecule has 2 saturated heterocycles. The minimum Gasteiger partial charge on any atom is -0.393 e. The molecule has 6 nitrogen and oxygen atoms in total. The topological polar surface area (TPSA) is 57.4 Å². The van der Waals surface area contributed by atoms with Crippen molar-refractivity contribution in [3.8, 4) is 0 Å². The Balaban J connectivity index is 1.64. The lowest BCUT2D eigenvalue weighted by molar-refractivity contribution is 0.0775. The summed E-state index contributed by atoms with van der Waals surface area (Å²) in [4.78, 5) is 4.88. The van der Waals surface area contributed by atoms with E-state index < -0.39 is 0 Å². The highest BCUT2D eigenvalue weighted by Gasteiger charge is 2.26. The lowest BCUT2D eigenvalue weighted by atomic mass is 9.97. The van der Waals surface area contributed by atoms with Crippen molar-refractivity contribution in [1.82, 2.24) is 24.6 Å². The zero-order valence-electron chi connectivity index (χ0n) is 13.9. The monoisotopic (exact) mass is 307 g/mol. The van der Waals surface area contributed by atoms with Crippen LogP contribution in [0.5, 0.6) is 0 Å². The second kappa shape index (κ2) is 7.06. The summed E-state index contributed by atoms with van der Waals surface area (Å²) in [6.07, 6.45) is 4.11. The molecule has 0 bridgehead atoms. The highest BCUT2D eigenvalue weighted by atomic mass is 16.3. The molecule has 0 spiro atoms. The van der Waals surface area contributed by atoms with Gasteiger partial charge in [0.2, 0.25) is 0 Å². The van der Waals surface area contributed by atoms with Crippen molar-refractivity contribution >= 4 is 0 Å². The van der Waals surface area contributed by atoms with Gasteiger partial charge in [0, 0.05) is 32.6 Å². The van der Waals surface area contributed by atoms with Crippen molar-refractivity contribution < 1.29 is 5.11 Å². The van der Waals surface area contributed by atoms with Crippen molar-refractivity contribution in [2.45, 2.75) is 51.2 Å². The minimum absolute atomic E-state index is 0.117. The average molecular weight is 307 g/mol. The molecule has 2 fully saturated rings. The number of aliphatic hydroxyl groups excluding tert-OH is 1. The summed E-state index contributed by atoms with van der Waals surface area (Å²) in [6, 6.07) is 0. The van der Waals surface area contributed by atoms with E-state index in [2.05, 4.69) is 38.5 Å². The predicted octanol–water partition coefficient (Wildman–Crippen LogP) is 0.971. The van der Waals surface area contributed by atoms with Gasteiger partial charge in [-0.1, -0.05) is 6.92 Å². The van der Waals surface area contributed by atoms with Crippen LogP contribution in [0.3, 0.4) is 0 Å². The van der Waals surface area contributed by atoms with E-state index in [0.717, 1.165) is 57.2 Å². The zero-order valence-corrected chi connectivity index (χ0v) is 13.9. The van der Waals surface area contributed by atoms with Gasteiger partial charge >= 0.3 is 0 Å². The third-order valence-corrected chi connectivity index (χ3v) is 5.24. The maximum atomic E-state index is 9.61. The zero-order chi connectivity index (χ0) is 15.5. The van der Waals surface area contributed by atoms with Crippen molar-refractivity contribution in [3.63, 3.8) is 0 Å². The Morgan fingerprint density at radius 1 is 1.09 bits per heavy atom. The molecule has 1 aromatic heterocycles. The van der Waals surface area contributed by atoms with E-state index in [4.69, 9.17) is 0 Å². The first kappa shape index (κ1) is 15.9. The molecule has 0 radical (unpaired) electrons. The Kier molecular flexibility index (Phi) is 5.10. The molecule has 0 aliphatic carbocycles. The molecule has 1 unspecified atom stereocenters. The molecule has 3 heterocycles. The minimum atomic E-state index is -0.117. The van der Waals surface area contributed by atoms with Crippen molar-refractivity contribution in [2.75, 3.05) is 32.7 Å². The maximum absolute atomic E-state index is 9.61. The summed E-state index contributed by atoms with van der Waals surface area (Å²) in [5.74, 6) is 2.72. The fraction of sp³-hybridized carbons (Fsp3) is 0.875. The predicted molar refractivity (Wildman–Crippen MR) is 85.6 cm³/mol. The summed E-state index contributed by atoms with van der Waals surface area (Å²) in [5.41, 5.74) is 0. The Hall–Kier alpha value is -0.980. The van der Waals surface area contributed by atoms with Crippen LogP contribution in [-0.4, -0.2) is 68.5 Å². The molecule has 1 atom stereocenters. The molecular weight excluding hydrogens is 278 g/mol. The summed E-state index contributed by atoms with van der Waals surface area (Å²) in [6.45, 7) is 8.44. The highest BCUT2D eigenvalue weighted by molar-refractivity contribution is 5.04. The van der Waals surface area contributed by atoms with Crippen LogP contribution in [0.15, 0.2) is 0 Å². The smallest absolute Gasteiger partial charge is 0.146 e. The molecule has 0 aromatic carbocycles. The van der Waals surface area contributed by atoms with Crippen LogP contribution in [-0.2, 0) is 13.6 Å². The summed E-state index contributed by atoms with van der Waals surface area (Å²) in [7, 11) is 2.11. The number of rotatable bonds is 4. The molecule has 22 heavy (non-hydrogen) atoms. The number of likely N-dealkylation sites (N-methyl/N-ethyl adjacent to an activating group) is 1. The van der Waals surface area contributed by atoms with Gasteiger partial charge in [-0.15, -0.1) is 10.2 Å². The molecule has 3 rings (SSSR count). The molecule has 124 valence electrons. The molecule has 6 heteroatoms. The number of aliphatic hydroxyl groups is 1. The van der Waals surface area contributed by atoms with Crippen LogP contribution in [0, 0.1) is 0 Å². The summed E-state index contributed by atoms with van der Waals surface area (Å²) < 4.78 is 2.20. The largest absolute Gasteiger partial charge is 0.393 e. The van der Waals surface area contributed by atoms with Crippen LogP contribution >= 0.6 is 0 Å². The molecule has 0 saturated carbocycles. The third-order valence-electron chi connectivity index (χ3n) is 5.24. The summed E-state index contributed by atoms with van der Waals surface area (Å²) in [5, 5.41) is 18.5. The van der Waals surface area contributed by atoms with Crippen LogP contribution < -0.4 is 0 Å². The van der Waals surface area contributed by atoms with Crippen LogP contribution in [0.1, 0.15) is 50.2 Å². The second-order valence-corrected chi connectivity index (χ2v) is 6.77. The highest BCUT2D eigenvalue weighted by Crippen LogP contribution is 2.26. The second-order valence-electron chi connectivity index (χ2n) is 6.77. The van der Waals surface area contributed by atoms with Crippen LogP contribution in [0.2, 0.25) is 0 Å². The molecular formula is C16H29N5O. The van der Waals surface area contributed by atoms with Crippen molar-refractivity contribution in [2.24, 2.45) is 7.05 Å².